The Morgan fingerprint density at radius 2 is 2.27 bits per heavy atom. The molecule has 2 heterocycles. The quantitative estimate of drug-likeness (QED) is 0.658. The van der Waals surface area contributed by atoms with Gasteiger partial charge in [0.05, 0.1) is 4.92 Å². The summed E-state index contributed by atoms with van der Waals surface area (Å²) in [6, 6.07) is 0.107. The van der Waals surface area contributed by atoms with Crippen LogP contribution in [0.4, 0.5) is 5.69 Å². The SMILES string of the molecule is CC1(C)CN(C(=O)CCn2cc([N+](=O)[O-])cn2)CCC1N.Cl. The highest BCUT2D eigenvalue weighted by molar-refractivity contribution is 5.85. The molecule has 0 aromatic carbocycles. The lowest BCUT2D eigenvalue weighted by Crippen LogP contribution is -2.54. The molecule has 1 aromatic heterocycles. The number of likely N-dealkylation sites (tertiary alicyclic amines) is 1. The maximum Gasteiger partial charge on any atom is 0.306 e. The van der Waals surface area contributed by atoms with Gasteiger partial charge >= 0.3 is 5.69 Å². The van der Waals surface area contributed by atoms with Crippen LogP contribution in [0.3, 0.4) is 0 Å². The first-order valence-electron chi connectivity index (χ1n) is 7.00. The lowest BCUT2D eigenvalue weighted by Gasteiger charge is -2.42. The molecule has 22 heavy (non-hydrogen) atoms. The van der Waals surface area contributed by atoms with Crippen LogP contribution in [-0.2, 0) is 11.3 Å². The van der Waals surface area contributed by atoms with Crippen molar-refractivity contribution in [3.63, 3.8) is 0 Å². The number of amides is 1. The molecule has 2 N–H and O–H groups in total. The summed E-state index contributed by atoms with van der Waals surface area (Å²) in [6.07, 6.45) is 3.60. The fourth-order valence-corrected chi connectivity index (χ4v) is 2.52. The Kier molecular flexibility index (Phi) is 5.90. The van der Waals surface area contributed by atoms with Crippen molar-refractivity contribution >= 4 is 24.0 Å². The maximum absolute atomic E-state index is 12.2. The van der Waals surface area contributed by atoms with Crippen molar-refractivity contribution in [2.45, 2.75) is 39.3 Å². The lowest BCUT2D eigenvalue weighted by molar-refractivity contribution is -0.385. The van der Waals surface area contributed by atoms with E-state index in [2.05, 4.69) is 18.9 Å². The van der Waals surface area contributed by atoms with E-state index in [0.717, 1.165) is 6.42 Å². The van der Waals surface area contributed by atoms with Gasteiger partial charge in [0, 0.05) is 32.1 Å². The molecule has 8 nitrogen and oxygen atoms in total. The zero-order valence-electron chi connectivity index (χ0n) is 12.8. The number of rotatable bonds is 4. The molecule has 0 saturated carbocycles. The van der Waals surface area contributed by atoms with Crippen LogP contribution in [-0.4, -0.2) is 44.6 Å². The monoisotopic (exact) mass is 331 g/mol. The van der Waals surface area contributed by atoms with Gasteiger partial charge in [-0.1, -0.05) is 13.8 Å². The Bertz CT molecular complexity index is 546. The summed E-state index contributed by atoms with van der Waals surface area (Å²) in [5, 5.41) is 14.4. The Morgan fingerprint density at radius 3 is 2.82 bits per heavy atom. The zero-order valence-corrected chi connectivity index (χ0v) is 13.6. The predicted octanol–water partition coefficient (Wildman–Crippen LogP) is 1.19. The summed E-state index contributed by atoms with van der Waals surface area (Å²) >= 11 is 0. The molecule has 1 amide bonds. The molecule has 0 spiro atoms. The maximum atomic E-state index is 12.2. The van der Waals surface area contributed by atoms with Gasteiger partial charge in [0.25, 0.3) is 0 Å². The first kappa shape index (κ1) is 18.4. The van der Waals surface area contributed by atoms with E-state index in [9.17, 15) is 14.9 Å². The second-order valence-electron chi connectivity index (χ2n) is 6.17. The van der Waals surface area contributed by atoms with Crippen molar-refractivity contribution in [2.75, 3.05) is 13.1 Å². The van der Waals surface area contributed by atoms with Crippen LogP contribution in [0.25, 0.3) is 0 Å². The minimum absolute atomic E-state index is 0. The minimum Gasteiger partial charge on any atom is -0.342 e. The predicted molar refractivity (Wildman–Crippen MR) is 83.7 cm³/mol. The molecule has 1 atom stereocenters. The molecule has 1 unspecified atom stereocenters. The molecule has 1 saturated heterocycles. The van der Waals surface area contributed by atoms with Crippen molar-refractivity contribution in [3.05, 3.63) is 22.5 Å². The fraction of sp³-hybridized carbons (Fsp3) is 0.692. The Labute approximate surface area is 135 Å². The van der Waals surface area contributed by atoms with Gasteiger partial charge in [-0.25, -0.2) is 0 Å². The fourth-order valence-electron chi connectivity index (χ4n) is 2.52. The zero-order chi connectivity index (χ0) is 15.6. The van der Waals surface area contributed by atoms with Crippen LogP contribution < -0.4 is 5.73 Å². The van der Waals surface area contributed by atoms with Crippen molar-refractivity contribution in [1.82, 2.24) is 14.7 Å². The number of aryl methyl sites for hydroxylation is 1. The smallest absolute Gasteiger partial charge is 0.306 e. The summed E-state index contributed by atoms with van der Waals surface area (Å²) < 4.78 is 1.43. The molecule has 0 radical (unpaired) electrons. The molecule has 2 rings (SSSR count). The summed E-state index contributed by atoms with van der Waals surface area (Å²) in [6.45, 7) is 5.78. The molecule has 0 bridgehead atoms. The number of halogens is 1. The van der Waals surface area contributed by atoms with Crippen LogP contribution in [0.2, 0.25) is 0 Å². The largest absolute Gasteiger partial charge is 0.342 e. The number of hydrogen-bond acceptors (Lipinski definition) is 5. The number of nitro groups is 1. The standard InChI is InChI=1S/C13H21N5O3.ClH/c1-13(2)9-16(5-3-11(13)14)12(19)4-6-17-8-10(7-15-17)18(20)21;/h7-8,11H,3-6,9,14H2,1-2H3;1H. The van der Waals surface area contributed by atoms with Gasteiger partial charge in [-0.05, 0) is 11.8 Å². The van der Waals surface area contributed by atoms with Crippen molar-refractivity contribution < 1.29 is 9.72 Å². The normalized spacial score (nSPS) is 20.3. The third-order valence-corrected chi connectivity index (χ3v) is 4.05. The number of hydrogen-bond donors (Lipinski definition) is 1. The van der Waals surface area contributed by atoms with Gasteiger partial charge in [-0.3, -0.25) is 19.6 Å². The number of carbonyl (C=O) groups excluding carboxylic acids is 1. The molecule has 124 valence electrons. The van der Waals surface area contributed by atoms with Crippen LogP contribution >= 0.6 is 12.4 Å². The average Bonchev–Trinajstić information content (AvgIpc) is 2.88. The number of carbonyl (C=O) groups is 1. The Hall–Kier alpha value is -1.67. The van der Waals surface area contributed by atoms with Crippen LogP contribution in [0.15, 0.2) is 12.4 Å². The van der Waals surface area contributed by atoms with Gasteiger partial charge in [0.15, 0.2) is 0 Å². The van der Waals surface area contributed by atoms with Gasteiger partial charge in [-0.15, -0.1) is 12.4 Å². The van der Waals surface area contributed by atoms with Crippen molar-refractivity contribution in [3.8, 4) is 0 Å². The second kappa shape index (κ2) is 7.06. The molecular weight excluding hydrogens is 310 g/mol. The first-order chi connectivity index (χ1) is 9.79. The second-order valence-corrected chi connectivity index (χ2v) is 6.17. The third kappa shape index (κ3) is 4.17. The molecule has 1 fully saturated rings. The van der Waals surface area contributed by atoms with Crippen LogP contribution in [0, 0.1) is 15.5 Å². The van der Waals surface area contributed by atoms with Crippen molar-refractivity contribution in [2.24, 2.45) is 11.1 Å². The number of piperidine rings is 1. The number of aromatic nitrogens is 2. The molecule has 0 aliphatic carbocycles. The average molecular weight is 332 g/mol. The van der Waals surface area contributed by atoms with Crippen LogP contribution in [0.1, 0.15) is 26.7 Å². The van der Waals surface area contributed by atoms with Gasteiger partial charge in [-0.2, -0.15) is 5.10 Å². The van der Waals surface area contributed by atoms with Gasteiger partial charge in [0.1, 0.15) is 12.4 Å². The van der Waals surface area contributed by atoms with E-state index in [0.29, 0.717) is 19.6 Å². The molecule has 1 aliphatic rings. The van der Waals surface area contributed by atoms with Crippen LogP contribution in [0.5, 0.6) is 0 Å². The van der Waals surface area contributed by atoms with E-state index in [1.807, 2.05) is 4.90 Å². The molecule has 1 aliphatic heterocycles. The van der Waals surface area contributed by atoms with Crippen molar-refractivity contribution in [1.29, 1.82) is 0 Å². The van der Waals surface area contributed by atoms with Gasteiger partial charge in [0.2, 0.25) is 5.91 Å². The minimum atomic E-state index is -0.500. The molecule has 9 heteroatoms. The highest BCUT2D eigenvalue weighted by Crippen LogP contribution is 2.28. The Balaban J connectivity index is 0.00000242. The van der Waals surface area contributed by atoms with E-state index in [4.69, 9.17) is 5.73 Å². The van der Waals surface area contributed by atoms with E-state index in [1.54, 1.807) is 0 Å². The number of nitrogens with zero attached hydrogens (tertiary/aromatic N) is 4. The summed E-state index contributed by atoms with van der Waals surface area (Å²) in [4.78, 5) is 24.1. The molecule has 1 aromatic rings. The van der Waals surface area contributed by atoms with E-state index >= 15 is 0 Å². The molecular formula is C13H22ClN5O3. The number of nitrogens with two attached hydrogens (primary N) is 1. The highest BCUT2D eigenvalue weighted by atomic mass is 35.5. The summed E-state index contributed by atoms with van der Waals surface area (Å²) in [5.41, 5.74) is 5.91. The van der Waals surface area contributed by atoms with Gasteiger partial charge < -0.3 is 10.6 Å². The topological polar surface area (TPSA) is 107 Å². The lowest BCUT2D eigenvalue weighted by atomic mass is 9.79. The summed E-state index contributed by atoms with van der Waals surface area (Å²) in [5.74, 6) is 0.0353. The van der Waals surface area contributed by atoms with E-state index in [-0.39, 0.29) is 41.9 Å². The summed E-state index contributed by atoms with van der Waals surface area (Å²) in [7, 11) is 0. The van der Waals surface area contributed by atoms with E-state index in [1.165, 1.54) is 17.1 Å². The highest BCUT2D eigenvalue weighted by Gasteiger charge is 2.35. The third-order valence-electron chi connectivity index (χ3n) is 4.05. The Morgan fingerprint density at radius 1 is 1.59 bits per heavy atom. The van der Waals surface area contributed by atoms with E-state index < -0.39 is 4.92 Å². The first-order valence-corrected chi connectivity index (χ1v) is 7.00.